The normalized spacial score (nSPS) is 15.9. The number of hydrogen-bond acceptors (Lipinski definition) is 10. The molecular weight excluding hydrogens is 466 g/mol. The van der Waals surface area contributed by atoms with Crippen molar-refractivity contribution < 1.29 is 23.6 Å². The van der Waals surface area contributed by atoms with Gasteiger partial charge in [0.05, 0.1) is 49.4 Å². The zero-order chi connectivity index (χ0) is 25.1. The SMILES string of the molecule is COc1c(Nc2cc(NC(=O)C3CC3)ncc2C(N)=O)cccc1-c1nc(CN2CCOCC2)no1. The van der Waals surface area contributed by atoms with Gasteiger partial charge in [-0.05, 0) is 25.0 Å². The Kier molecular flexibility index (Phi) is 6.78. The Morgan fingerprint density at radius 3 is 2.75 bits per heavy atom. The molecule has 36 heavy (non-hydrogen) atoms. The maximum atomic E-state index is 12.2. The van der Waals surface area contributed by atoms with Gasteiger partial charge in [0.2, 0.25) is 5.91 Å². The summed E-state index contributed by atoms with van der Waals surface area (Å²) in [6.07, 6.45) is 3.06. The van der Waals surface area contributed by atoms with E-state index in [1.807, 2.05) is 0 Å². The van der Waals surface area contributed by atoms with Crippen molar-refractivity contribution in [3.63, 3.8) is 0 Å². The Bertz CT molecular complexity index is 1270. The standard InChI is InChI=1S/C24H27N7O5/c1-34-21-15(24-29-20(30-36-24)13-31-7-9-35-10-8-31)3-2-4-17(21)27-18-11-19(26-12-16(18)22(25)32)28-23(33)14-5-6-14/h2-4,11-12,14H,5-10,13H2,1H3,(H2,25,32)(H2,26,27,28,33). The number of ether oxygens (including phenoxy) is 2. The van der Waals surface area contributed by atoms with Gasteiger partial charge in [-0.25, -0.2) is 4.98 Å². The van der Waals surface area contributed by atoms with E-state index in [4.69, 9.17) is 19.7 Å². The molecule has 1 aliphatic carbocycles. The molecule has 0 bridgehead atoms. The van der Waals surface area contributed by atoms with Crippen LogP contribution in [-0.4, -0.2) is 65.3 Å². The zero-order valence-corrected chi connectivity index (χ0v) is 19.8. The van der Waals surface area contributed by atoms with E-state index >= 15 is 0 Å². The highest BCUT2D eigenvalue weighted by atomic mass is 16.5. The summed E-state index contributed by atoms with van der Waals surface area (Å²) < 4.78 is 16.6. The number of nitrogens with two attached hydrogens (primary N) is 1. The fourth-order valence-corrected chi connectivity index (χ4v) is 3.95. The van der Waals surface area contributed by atoms with Crippen molar-refractivity contribution in [2.75, 3.05) is 44.0 Å². The van der Waals surface area contributed by atoms with Crippen molar-refractivity contribution in [2.45, 2.75) is 19.4 Å². The molecule has 188 valence electrons. The largest absolute Gasteiger partial charge is 0.494 e. The molecule has 3 aromatic rings. The first-order valence-corrected chi connectivity index (χ1v) is 11.7. The predicted molar refractivity (Wildman–Crippen MR) is 130 cm³/mol. The van der Waals surface area contributed by atoms with E-state index in [0.29, 0.717) is 60.0 Å². The monoisotopic (exact) mass is 493 g/mol. The molecule has 5 rings (SSSR count). The summed E-state index contributed by atoms with van der Waals surface area (Å²) in [5.41, 5.74) is 7.22. The summed E-state index contributed by atoms with van der Waals surface area (Å²) in [6, 6.07) is 6.95. The summed E-state index contributed by atoms with van der Waals surface area (Å²) in [6.45, 7) is 3.54. The third-order valence-corrected chi connectivity index (χ3v) is 6.02. The number of primary amides is 1. The highest BCUT2D eigenvalue weighted by molar-refractivity contribution is 6.01. The van der Waals surface area contributed by atoms with Crippen molar-refractivity contribution >= 4 is 29.0 Å². The molecule has 1 saturated carbocycles. The van der Waals surface area contributed by atoms with Gasteiger partial charge < -0.3 is 30.4 Å². The quantitative estimate of drug-likeness (QED) is 0.403. The summed E-state index contributed by atoms with van der Waals surface area (Å²) >= 11 is 0. The van der Waals surface area contributed by atoms with Crippen LogP contribution in [0, 0.1) is 5.92 Å². The minimum Gasteiger partial charge on any atom is -0.494 e. The number of morpholine rings is 1. The maximum Gasteiger partial charge on any atom is 0.261 e. The van der Waals surface area contributed by atoms with Gasteiger partial charge in [0.15, 0.2) is 11.6 Å². The number of aromatic nitrogens is 3. The van der Waals surface area contributed by atoms with Crippen molar-refractivity contribution in [2.24, 2.45) is 11.7 Å². The van der Waals surface area contributed by atoms with Crippen LogP contribution in [0.15, 0.2) is 35.0 Å². The molecule has 1 aliphatic heterocycles. The molecule has 12 nitrogen and oxygen atoms in total. The highest BCUT2D eigenvalue weighted by Crippen LogP contribution is 2.38. The molecule has 12 heteroatoms. The van der Waals surface area contributed by atoms with Crippen LogP contribution in [0.1, 0.15) is 29.0 Å². The van der Waals surface area contributed by atoms with Crippen LogP contribution < -0.4 is 21.1 Å². The second-order valence-corrected chi connectivity index (χ2v) is 8.66. The molecule has 2 aliphatic rings. The molecule has 0 unspecified atom stereocenters. The fraction of sp³-hybridized carbons (Fsp3) is 0.375. The van der Waals surface area contributed by atoms with Crippen molar-refractivity contribution in [3.8, 4) is 17.2 Å². The minimum atomic E-state index is -0.662. The van der Waals surface area contributed by atoms with Crippen LogP contribution in [-0.2, 0) is 16.1 Å². The zero-order valence-electron chi connectivity index (χ0n) is 19.8. The summed E-state index contributed by atoms with van der Waals surface area (Å²) in [4.78, 5) is 35.1. The second kappa shape index (κ2) is 10.3. The number of para-hydroxylation sites is 1. The number of rotatable bonds is 9. The predicted octanol–water partition coefficient (Wildman–Crippen LogP) is 2.16. The Morgan fingerprint density at radius 1 is 1.22 bits per heavy atom. The van der Waals surface area contributed by atoms with Crippen molar-refractivity contribution in [1.82, 2.24) is 20.0 Å². The maximum absolute atomic E-state index is 12.2. The molecule has 1 aromatic carbocycles. The first-order chi connectivity index (χ1) is 17.5. The van der Waals surface area contributed by atoms with Gasteiger partial charge in [0, 0.05) is 31.3 Å². The molecule has 3 heterocycles. The van der Waals surface area contributed by atoms with E-state index in [-0.39, 0.29) is 17.4 Å². The van der Waals surface area contributed by atoms with Crippen LogP contribution >= 0.6 is 0 Å². The number of nitrogens with one attached hydrogen (secondary N) is 2. The van der Waals surface area contributed by atoms with E-state index in [2.05, 4.69) is 30.7 Å². The molecule has 0 radical (unpaired) electrons. The van der Waals surface area contributed by atoms with Crippen LogP contribution in [0.4, 0.5) is 17.2 Å². The molecule has 2 aromatic heterocycles. The van der Waals surface area contributed by atoms with Gasteiger partial charge in [0.1, 0.15) is 5.82 Å². The summed E-state index contributed by atoms with van der Waals surface area (Å²) in [7, 11) is 1.53. The number of pyridine rings is 1. The number of methoxy groups -OCH3 is 1. The summed E-state index contributed by atoms with van der Waals surface area (Å²) in [5.74, 6) is 0.885. The first-order valence-electron chi connectivity index (χ1n) is 11.7. The van der Waals surface area contributed by atoms with Gasteiger partial charge in [0.25, 0.3) is 11.8 Å². The molecule has 2 fully saturated rings. The van der Waals surface area contributed by atoms with Gasteiger partial charge in [-0.15, -0.1) is 0 Å². The lowest BCUT2D eigenvalue weighted by Gasteiger charge is -2.24. The molecule has 2 amide bonds. The van der Waals surface area contributed by atoms with E-state index in [9.17, 15) is 9.59 Å². The number of anilines is 3. The fourth-order valence-electron chi connectivity index (χ4n) is 3.95. The van der Waals surface area contributed by atoms with Gasteiger partial charge in [-0.3, -0.25) is 14.5 Å². The van der Waals surface area contributed by atoms with E-state index < -0.39 is 5.91 Å². The Labute approximate surface area is 207 Å². The molecule has 0 atom stereocenters. The second-order valence-electron chi connectivity index (χ2n) is 8.66. The number of carbonyl (C=O) groups is 2. The topological polar surface area (TPSA) is 158 Å². The number of benzene rings is 1. The average Bonchev–Trinajstić information content (AvgIpc) is 3.64. The van der Waals surface area contributed by atoms with Gasteiger partial charge in [-0.2, -0.15) is 4.98 Å². The van der Waals surface area contributed by atoms with E-state index in [1.165, 1.54) is 13.3 Å². The van der Waals surface area contributed by atoms with Crippen molar-refractivity contribution in [1.29, 1.82) is 0 Å². The van der Waals surface area contributed by atoms with Gasteiger partial charge in [-0.1, -0.05) is 11.2 Å². The molecular formula is C24H27N7O5. The Morgan fingerprint density at radius 2 is 2.03 bits per heavy atom. The van der Waals surface area contributed by atoms with Crippen LogP contribution in [0.25, 0.3) is 11.5 Å². The first kappa shape index (κ1) is 23.7. The molecule has 1 saturated heterocycles. The molecule has 0 spiro atoms. The van der Waals surface area contributed by atoms with E-state index in [1.54, 1.807) is 24.3 Å². The summed E-state index contributed by atoms with van der Waals surface area (Å²) in [5, 5.41) is 10.1. The lowest BCUT2D eigenvalue weighted by Crippen LogP contribution is -2.35. The van der Waals surface area contributed by atoms with Crippen LogP contribution in [0.3, 0.4) is 0 Å². The Balaban J connectivity index is 1.41. The smallest absolute Gasteiger partial charge is 0.261 e. The minimum absolute atomic E-state index is 0.0124. The van der Waals surface area contributed by atoms with Gasteiger partial charge >= 0.3 is 0 Å². The third kappa shape index (κ3) is 5.29. The lowest BCUT2D eigenvalue weighted by atomic mass is 10.1. The number of nitrogens with zero attached hydrogens (tertiary/aromatic N) is 4. The van der Waals surface area contributed by atoms with Crippen LogP contribution in [0.2, 0.25) is 0 Å². The highest BCUT2D eigenvalue weighted by Gasteiger charge is 2.30. The van der Waals surface area contributed by atoms with Crippen molar-refractivity contribution in [3.05, 3.63) is 41.9 Å². The molecule has 4 N–H and O–H groups in total. The Hall–Kier alpha value is -4.03. The van der Waals surface area contributed by atoms with E-state index in [0.717, 1.165) is 25.9 Å². The number of carbonyl (C=O) groups excluding carboxylic acids is 2. The number of hydrogen-bond donors (Lipinski definition) is 3. The lowest BCUT2D eigenvalue weighted by molar-refractivity contribution is -0.117. The number of amides is 2. The van der Waals surface area contributed by atoms with Crippen LogP contribution in [0.5, 0.6) is 5.75 Å². The third-order valence-electron chi connectivity index (χ3n) is 6.02. The average molecular weight is 494 g/mol.